The Kier molecular flexibility index (Phi) is 3.74. The molecule has 0 N–H and O–H groups in total. The van der Waals surface area contributed by atoms with Gasteiger partial charge in [-0.1, -0.05) is 24.3 Å². The summed E-state index contributed by atoms with van der Waals surface area (Å²) in [5.74, 6) is -0.278. The fraction of sp³-hybridized carbons (Fsp3) is 0.143. The van der Waals surface area contributed by atoms with Gasteiger partial charge in [0.25, 0.3) is 0 Å². The van der Waals surface area contributed by atoms with Gasteiger partial charge in [0, 0.05) is 19.4 Å². The summed E-state index contributed by atoms with van der Waals surface area (Å²) in [5, 5.41) is 0. The molecule has 0 amide bonds. The van der Waals surface area contributed by atoms with Gasteiger partial charge in [0.05, 0.1) is 5.56 Å². The van der Waals surface area contributed by atoms with E-state index in [9.17, 15) is 18.0 Å². The highest BCUT2D eigenvalue weighted by molar-refractivity contribution is 6.04. The highest BCUT2D eigenvalue weighted by Crippen LogP contribution is 2.32. The molecule has 2 aromatic rings. The Morgan fingerprint density at radius 2 is 2.00 bits per heavy atom. The van der Waals surface area contributed by atoms with Crippen LogP contribution < -0.4 is 0 Å². The summed E-state index contributed by atoms with van der Waals surface area (Å²) >= 11 is 0. The number of hydrogen-bond donors (Lipinski definition) is 0. The van der Waals surface area contributed by atoms with E-state index in [1.54, 1.807) is 13.2 Å². The summed E-state index contributed by atoms with van der Waals surface area (Å²) in [5.41, 5.74) is -0.827. The Hall–Kier alpha value is -2.37. The maximum atomic E-state index is 12.8. The molecular formula is C14H11F3N2O. The first-order valence-corrected chi connectivity index (χ1v) is 5.75. The number of aromatic nitrogens is 2. The Labute approximate surface area is 113 Å². The van der Waals surface area contributed by atoms with Gasteiger partial charge in [-0.05, 0) is 17.7 Å². The lowest BCUT2D eigenvalue weighted by atomic mass is 10.1. The van der Waals surface area contributed by atoms with Crippen molar-refractivity contribution in [3.05, 3.63) is 59.7 Å². The fourth-order valence-electron chi connectivity index (χ4n) is 1.74. The van der Waals surface area contributed by atoms with Gasteiger partial charge < -0.3 is 4.57 Å². The zero-order valence-corrected chi connectivity index (χ0v) is 10.6. The number of benzene rings is 1. The van der Waals surface area contributed by atoms with Crippen LogP contribution in [0.25, 0.3) is 6.08 Å². The number of carbonyl (C=O) groups excluding carboxylic acids is 1. The third kappa shape index (κ3) is 2.96. The quantitative estimate of drug-likeness (QED) is 0.638. The monoisotopic (exact) mass is 280 g/mol. The highest BCUT2D eigenvalue weighted by Gasteiger charge is 2.32. The van der Waals surface area contributed by atoms with Gasteiger partial charge in [-0.15, -0.1) is 0 Å². The molecule has 0 spiro atoms. The summed E-state index contributed by atoms with van der Waals surface area (Å²) in [6.07, 6.45) is 0.829. The molecule has 0 aliphatic rings. The van der Waals surface area contributed by atoms with E-state index in [0.717, 1.165) is 18.2 Å². The van der Waals surface area contributed by atoms with Crippen LogP contribution in [0, 0.1) is 0 Å². The van der Waals surface area contributed by atoms with Crippen LogP contribution in [0.4, 0.5) is 13.2 Å². The smallest absolute Gasteiger partial charge is 0.331 e. The number of carbonyl (C=O) groups is 1. The SMILES string of the molecule is Cn1ccnc1C(=O)/C=C/c1ccccc1C(F)(F)F. The minimum atomic E-state index is -4.45. The Bertz CT molecular complexity index is 656. The van der Waals surface area contributed by atoms with Gasteiger partial charge in [-0.2, -0.15) is 13.2 Å². The van der Waals surface area contributed by atoms with Crippen molar-refractivity contribution in [2.24, 2.45) is 7.05 Å². The van der Waals surface area contributed by atoms with Crippen LogP contribution in [0.1, 0.15) is 21.7 Å². The second-order valence-electron chi connectivity index (χ2n) is 4.14. The molecule has 0 atom stereocenters. The number of aryl methyl sites for hydroxylation is 1. The predicted molar refractivity (Wildman–Crippen MR) is 68.0 cm³/mol. The summed E-state index contributed by atoms with van der Waals surface area (Å²) in [4.78, 5) is 15.6. The molecule has 0 fully saturated rings. The molecule has 0 saturated heterocycles. The summed E-state index contributed by atoms with van der Waals surface area (Å²) in [6.45, 7) is 0. The predicted octanol–water partition coefficient (Wildman–Crippen LogP) is 3.34. The minimum Gasteiger partial charge on any atom is -0.331 e. The number of alkyl halides is 3. The second-order valence-corrected chi connectivity index (χ2v) is 4.14. The largest absolute Gasteiger partial charge is 0.416 e. The summed E-state index contributed by atoms with van der Waals surface area (Å²) in [7, 11) is 1.64. The van der Waals surface area contributed by atoms with Crippen molar-refractivity contribution in [1.29, 1.82) is 0 Å². The molecule has 1 aromatic heterocycles. The third-order valence-electron chi connectivity index (χ3n) is 2.72. The number of rotatable bonds is 3. The van der Waals surface area contributed by atoms with Crippen LogP contribution in [0.15, 0.2) is 42.7 Å². The van der Waals surface area contributed by atoms with E-state index >= 15 is 0 Å². The molecule has 0 aliphatic heterocycles. The molecule has 1 heterocycles. The molecule has 6 heteroatoms. The fourth-order valence-corrected chi connectivity index (χ4v) is 1.74. The maximum absolute atomic E-state index is 12.8. The van der Waals surface area contributed by atoms with E-state index in [1.165, 1.54) is 29.0 Å². The zero-order valence-electron chi connectivity index (χ0n) is 10.6. The third-order valence-corrected chi connectivity index (χ3v) is 2.72. The van der Waals surface area contributed by atoms with E-state index in [4.69, 9.17) is 0 Å². The zero-order chi connectivity index (χ0) is 14.8. The van der Waals surface area contributed by atoms with Crippen molar-refractivity contribution in [3.8, 4) is 0 Å². The number of nitrogens with zero attached hydrogens (tertiary/aromatic N) is 2. The van der Waals surface area contributed by atoms with Crippen molar-refractivity contribution in [1.82, 2.24) is 9.55 Å². The van der Waals surface area contributed by atoms with Gasteiger partial charge in [-0.3, -0.25) is 4.79 Å². The summed E-state index contributed by atoms with van der Waals surface area (Å²) < 4.78 is 39.8. The lowest BCUT2D eigenvalue weighted by molar-refractivity contribution is -0.137. The molecule has 0 radical (unpaired) electrons. The van der Waals surface area contributed by atoms with Crippen LogP contribution in [0.2, 0.25) is 0 Å². The molecule has 20 heavy (non-hydrogen) atoms. The minimum absolute atomic E-state index is 0.0532. The summed E-state index contributed by atoms with van der Waals surface area (Å²) in [6, 6.07) is 5.08. The van der Waals surface area contributed by atoms with Crippen molar-refractivity contribution in [2.75, 3.05) is 0 Å². The maximum Gasteiger partial charge on any atom is 0.416 e. The first-order valence-electron chi connectivity index (χ1n) is 5.75. The van der Waals surface area contributed by atoms with Gasteiger partial charge >= 0.3 is 6.18 Å². The number of hydrogen-bond acceptors (Lipinski definition) is 2. The molecular weight excluding hydrogens is 269 g/mol. The highest BCUT2D eigenvalue weighted by atomic mass is 19.4. The molecule has 3 nitrogen and oxygen atoms in total. The molecule has 104 valence electrons. The van der Waals surface area contributed by atoms with Crippen LogP contribution in [-0.4, -0.2) is 15.3 Å². The number of imidazole rings is 1. The van der Waals surface area contributed by atoms with Gasteiger partial charge in [0.15, 0.2) is 5.82 Å². The molecule has 1 aromatic carbocycles. The standard InChI is InChI=1S/C14H11F3N2O/c1-19-9-8-18-13(19)12(20)7-6-10-4-2-3-5-11(10)14(15,16)17/h2-9H,1H3/b7-6+. The van der Waals surface area contributed by atoms with Crippen molar-refractivity contribution in [3.63, 3.8) is 0 Å². The number of allylic oxidation sites excluding steroid dienone is 1. The van der Waals surface area contributed by atoms with Crippen molar-refractivity contribution >= 4 is 11.9 Å². The molecule has 0 bridgehead atoms. The van der Waals surface area contributed by atoms with E-state index in [-0.39, 0.29) is 11.4 Å². The van der Waals surface area contributed by atoms with Crippen LogP contribution in [-0.2, 0) is 13.2 Å². The van der Waals surface area contributed by atoms with Gasteiger partial charge in [-0.25, -0.2) is 4.98 Å². The van der Waals surface area contributed by atoms with Crippen LogP contribution in [0.5, 0.6) is 0 Å². The van der Waals surface area contributed by atoms with E-state index in [1.807, 2.05) is 0 Å². The molecule has 0 aliphatic carbocycles. The normalized spacial score (nSPS) is 12.0. The average molecular weight is 280 g/mol. The van der Waals surface area contributed by atoms with Crippen molar-refractivity contribution in [2.45, 2.75) is 6.18 Å². The van der Waals surface area contributed by atoms with Crippen LogP contribution in [0.3, 0.4) is 0 Å². The Morgan fingerprint density at radius 1 is 1.30 bits per heavy atom. The Morgan fingerprint density at radius 3 is 2.60 bits per heavy atom. The Balaban J connectivity index is 2.29. The molecule has 2 rings (SSSR count). The van der Waals surface area contributed by atoms with Gasteiger partial charge in [0.2, 0.25) is 5.78 Å². The van der Waals surface area contributed by atoms with Crippen molar-refractivity contribution < 1.29 is 18.0 Å². The number of ketones is 1. The topological polar surface area (TPSA) is 34.9 Å². The average Bonchev–Trinajstić information content (AvgIpc) is 2.81. The first kappa shape index (κ1) is 14.0. The molecule has 0 saturated carbocycles. The first-order chi connectivity index (χ1) is 9.39. The lowest BCUT2D eigenvalue weighted by Crippen LogP contribution is -2.07. The lowest BCUT2D eigenvalue weighted by Gasteiger charge is -2.09. The van der Waals surface area contributed by atoms with Gasteiger partial charge in [0.1, 0.15) is 0 Å². The second kappa shape index (κ2) is 5.32. The van der Waals surface area contributed by atoms with E-state index < -0.39 is 17.5 Å². The van der Waals surface area contributed by atoms with E-state index in [2.05, 4.69) is 4.98 Å². The van der Waals surface area contributed by atoms with Crippen LogP contribution >= 0.6 is 0 Å². The number of halogens is 3. The molecule has 0 unspecified atom stereocenters. The van der Waals surface area contributed by atoms with E-state index in [0.29, 0.717) is 0 Å².